The lowest BCUT2D eigenvalue weighted by atomic mass is 9.96. The molecule has 1 aliphatic carbocycles. The van der Waals surface area contributed by atoms with Gasteiger partial charge < -0.3 is 19.5 Å². The van der Waals surface area contributed by atoms with Gasteiger partial charge in [0.2, 0.25) is 5.78 Å². The van der Waals surface area contributed by atoms with E-state index >= 15 is 0 Å². The number of hydrogen-bond donors (Lipinski definition) is 1. The summed E-state index contributed by atoms with van der Waals surface area (Å²) in [5.41, 5.74) is 0.962. The molecule has 1 amide bonds. The molecule has 0 aromatic heterocycles. The number of nitrogens with one attached hydrogen (secondary N) is 1. The number of hydrogen-bond acceptors (Lipinski definition) is 6. The Morgan fingerprint density at radius 1 is 0.968 bits per heavy atom. The summed E-state index contributed by atoms with van der Waals surface area (Å²) >= 11 is 1.59. The van der Waals surface area contributed by atoms with E-state index in [0.29, 0.717) is 22.6 Å². The van der Waals surface area contributed by atoms with Gasteiger partial charge in [0.1, 0.15) is 11.5 Å². The van der Waals surface area contributed by atoms with Gasteiger partial charge in [-0.05, 0) is 43.4 Å². The van der Waals surface area contributed by atoms with E-state index in [1.807, 2.05) is 18.4 Å². The minimum atomic E-state index is -1.12. The molecule has 1 N–H and O–H groups in total. The number of benzene rings is 2. The standard InChI is InChI=1S/C24H29NO5S/c1-28-19-13-17(14-20(15-19)29-2)23(22(26)16-9-11-21(31-3)12-10-16)30-24(27)25-18-7-5-4-6-8-18/h9-15,18,23H,4-8H2,1-3H3,(H,25,27). The SMILES string of the molecule is COc1cc(OC)cc(C(OC(=O)NC2CCCCC2)C(=O)c2ccc(SC)cc2)c1. The van der Waals surface area contributed by atoms with Crippen molar-refractivity contribution in [3.8, 4) is 11.5 Å². The molecule has 3 rings (SSSR count). The molecule has 0 saturated heterocycles. The van der Waals surface area contributed by atoms with E-state index in [1.54, 1.807) is 42.1 Å². The average molecular weight is 444 g/mol. The van der Waals surface area contributed by atoms with Gasteiger partial charge in [0.05, 0.1) is 14.2 Å². The van der Waals surface area contributed by atoms with E-state index in [1.165, 1.54) is 20.6 Å². The molecule has 6 nitrogen and oxygen atoms in total. The number of carbonyl (C=O) groups is 2. The molecule has 1 atom stereocenters. The minimum absolute atomic E-state index is 0.0812. The van der Waals surface area contributed by atoms with E-state index in [2.05, 4.69) is 5.32 Å². The van der Waals surface area contributed by atoms with Crippen LogP contribution in [0.25, 0.3) is 0 Å². The van der Waals surface area contributed by atoms with Crippen LogP contribution in [0.15, 0.2) is 47.4 Å². The third-order valence-electron chi connectivity index (χ3n) is 5.44. The lowest BCUT2D eigenvalue weighted by Gasteiger charge is -2.24. The lowest BCUT2D eigenvalue weighted by Crippen LogP contribution is -2.38. The van der Waals surface area contributed by atoms with Crippen molar-refractivity contribution in [2.24, 2.45) is 0 Å². The predicted octanol–water partition coefficient (Wildman–Crippen LogP) is 5.41. The van der Waals surface area contributed by atoms with Crippen molar-refractivity contribution < 1.29 is 23.8 Å². The minimum Gasteiger partial charge on any atom is -0.497 e. The smallest absolute Gasteiger partial charge is 0.408 e. The highest BCUT2D eigenvalue weighted by Crippen LogP contribution is 2.31. The zero-order valence-electron chi connectivity index (χ0n) is 18.2. The second-order valence-corrected chi connectivity index (χ2v) is 8.38. The largest absolute Gasteiger partial charge is 0.497 e. The maximum atomic E-state index is 13.4. The predicted molar refractivity (Wildman–Crippen MR) is 121 cm³/mol. The molecule has 0 heterocycles. The van der Waals surface area contributed by atoms with Crippen LogP contribution in [0.2, 0.25) is 0 Å². The average Bonchev–Trinajstić information content (AvgIpc) is 2.82. The Hall–Kier alpha value is -2.67. The molecule has 0 radical (unpaired) electrons. The Labute approximate surface area is 187 Å². The van der Waals surface area contributed by atoms with Crippen LogP contribution in [-0.2, 0) is 4.74 Å². The molecule has 1 aliphatic rings. The van der Waals surface area contributed by atoms with Gasteiger partial charge >= 0.3 is 6.09 Å². The topological polar surface area (TPSA) is 73.9 Å². The van der Waals surface area contributed by atoms with Gasteiger partial charge in [-0.25, -0.2) is 4.79 Å². The number of Topliss-reactive ketones (excluding diaryl/α,β-unsaturated/α-hetero) is 1. The Kier molecular flexibility index (Phi) is 8.23. The summed E-state index contributed by atoms with van der Waals surface area (Å²) < 4.78 is 16.4. The van der Waals surface area contributed by atoms with Gasteiger partial charge in [0.15, 0.2) is 6.10 Å². The van der Waals surface area contributed by atoms with Crippen LogP contribution in [0.1, 0.15) is 54.1 Å². The highest BCUT2D eigenvalue weighted by molar-refractivity contribution is 7.98. The quantitative estimate of drug-likeness (QED) is 0.434. The zero-order valence-corrected chi connectivity index (χ0v) is 19.0. The normalized spacial score (nSPS) is 15.1. The molecule has 2 aromatic rings. The first kappa shape index (κ1) is 23.0. The molecule has 1 unspecified atom stereocenters. The third kappa shape index (κ3) is 6.17. The Balaban J connectivity index is 1.88. The fourth-order valence-electron chi connectivity index (χ4n) is 3.72. The fourth-order valence-corrected chi connectivity index (χ4v) is 4.12. The van der Waals surface area contributed by atoms with Crippen molar-refractivity contribution in [2.75, 3.05) is 20.5 Å². The first-order valence-electron chi connectivity index (χ1n) is 10.4. The summed E-state index contributed by atoms with van der Waals surface area (Å²) in [6.07, 6.45) is 5.48. The number of amides is 1. The second-order valence-electron chi connectivity index (χ2n) is 7.50. The first-order valence-corrected chi connectivity index (χ1v) is 11.6. The van der Waals surface area contributed by atoms with Crippen molar-refractivity contribution in [3.05, 3.63) is 53.6 Å². The van der Waals surface area contributed by atoms with E-state index in [9.17, 15) is 9.59 Å². The lowest BCUT2D eigenvalue weighted by molar-refractivity contribution is 0.0612. The van der Waals surface area contributed by atoms with E-state index in [0.717, 1.165) is 30.6 Å². The van der Waals surface area contributed by atoms with Crippen LogP contribution in [0.5, 0.6) is 11.5 Å². The molecule has 7 heteroatoms. The van der Waals surface area contributed by atoms with Crippen molar-refractivity contribution in [3.63, 3.8) is 0 Å². The Morgan fingerprint density at radius 3 is 2.13 bits per heavy atom. The molecule has 166 valence electrons. The van der Waals surface area contributed by atoms with Gasteiger partial charge in [0, 0.05) is 28.1 Å². The van der Waals surface area contributed by atoms with Crippen molar-refractivity contribution in [1.29, 1.82) is 0 Å². The molecular formula is C24H29NO5S. The molecule has 1 fully saturated rings. The molecule has 31 heavy (non-hydrogen) atoms. The maximum absolute atomic E-state index is 13.4. The van der Waals surface area contributed by atoms with E-state index in [-0.39, 0.29) is 11.8 Å². The van der Waals surface area contributed by atoms with Gasteiger partial charge in [0.25, 0.3) is 0 Å². The summed E-state index contributed by atoms with van der Waals surface area (Å²) in [6, 6.07) is 12.4. The summed E-state index contributed by atoms with van der Waals surface area (Å²) in [4.78, 5) is 27.1. The number of ketones is 1. The molecule has 0 bridgehead atoms. The highest BCUT2D eigenvalue weighted by atomic mass is 32.2. The summed E-state index contributed by atoms with van der Waals surface area (Å²) in [5.74, 6) is 0.726. The van der Waals surface area contributed by atoms with Crippen LogP contribution in [0, 0.1) is 0 Å². The summed E-state index contributed by atoms with van der Waals surface area (Å²) in [5, 5.41) is 2.92. The number of alkyl carbamates (subject to hydrolysis) is 1. The highest BCUT2D eigenvalue weighted by Gasteiger charge is 2.28. The number of thioether (sulfide) groups is 1. The van der Waals surface area contributed by atoms with E-state index < -0.39 is 12.2 Å². The zero-order chi connectivity index (χ0) is 22.2. The third-order valence-corrected chi connectivity index (χ3v) is 6.18. The maximum Gasteiger partial charge on any atom is 0.408 e. The van der Waals surface area contributed by atoms with Gasteiger partial charge in [-0.3, -0.25) is 4.79 Å². The van der Waals surface area contributed by atoms with E-state index in [4.69, 9.17) is 14.2 Å². The van der Waals surface area contributed by atoms with Gasteiger partial charge in [-0.1, -0.05) is 31.4 Å². The summed E-state index contributed by atoms with van der Waals surface area (Å²) in [7, 11) is 3.07. The van der Waals surface area contributed by atoms with Crippen LogP contribution >= 0.6 is 11.8 Å². The van der Waals surface area contributed by atoms with Crippen molar-refractivity contribution in [1.82, 2.24) is 5.32 Å². The Bertz CT molecular complexity index is 871. The first-order chi connectivity index (χ1) is 15.0. The molecular weight excluding hydrogens is 414 g/mol. The molecule has 1 saturated carbocycles. The second kappa shape index (κ2) is 11.1. The number of carbonyl (C=O) groups excluding carboxylic acids is 2. The summed E-state index contributed by atoms with van der Waals surface area (Å²) in [6.45, 7) is 0. The number of rotatable bonds is 8. The van der Waals surface area contributed by atoms with Crippen molar-refractivity contribution in [2.45, 2.75) is 49.1 Å². The van der Waals surface area contributed by atoms with Crippen LogP contribution in [0.3, 0.4) is 0 Å². The molecule has 0 spiro atoms. The van der Waals surface area contributed by atoms with Crippen LogP contribution in [0.4, 0.5) is 4.79 Å². The van der Waals surface area contributed by atoms with Crippen LogP contribution in [-0.4, -0.2) is 38.4 Å². The fraction of sp³-hybridized carbons (Fsp3) is 0.417. The number of ether oxygens (including phenoxy) is 3. The monoisotopic (exact) mass is 443 g/mol. The molecule has 2 aromatic carbocycles. The Morgan fingerprint density at radius 2 is 1.58 bits per heavy atom. The molecule has 0 aliphatic heterocycles. The van der Waals surface area contributed by atoms with Crippen LogP contribution < -0.4 is 14.8 Å². The number of methoxy groups -OCH3 is 2. The van der Waals surface area contributed by atoms with Gasteiger partial charge in [-0.15, -0.1) is 11.8 Å². The van der Waals surface area contributed by atoms with Gasteiger partial charge in [-0.2, -0.15) is 0 Å². The van der Waals surface area contributed by atoms with Crippen molar-refractivity contribution >= 4 is 23.6 Å².